The first-order valence-electron chi connectivity index (χ1n) is 5.24. The predicted molar refractivity (Wildman–Crippen MR) is 71.0 cm³/mol. The minimum atomic E-state index is -0.103. The molecule has 0 saturated carbocycles. The van der Waals surface area contributed by atoms with E-state index < -0.39 is 0 Å². The van der Waals surface area contributed by atoms with Crippen LogP contribution in [0, 0.1) is 0 Å². The number of benzene rings is 1. The van der Waals surface area contributed by atoms with Gasteiger partial charge in [0.05, 0.1) is 19.2 Å². The molecule has 1 atom stereocenters. The van der Waals surface area contributed by atoms with Gasteiger partial charge in [-0.05, 0) is 19.1 Å². The Labute approximate surface area is 107 Å². The topological polar surface area (TPSA) is 53.7 Å². The van der Waals surface area contributed by atoms with E-state index in [9.17, 15) is 0 Å². The lowest BCUT2D eigenvalue weighted by atomic mass is 10.2. The fourth-order valence-corrected chi connectivity index (χ4v) is 1.73. The smallest absolute Gasteiger partial charge is 0.203 e. The van der Waals surface area contributed by atoms with E-state index in [1.807, 2.05) is 25.1 Å². The zero-order chi connectivity index (χ0) is 12.8. The normalized spacial score (nSPS) is 11.7. The van der Waals surface area contributed by atoms with Gasteiger partial charge in [0.1, 0.15) is 6.10 Å². The lowest BCUT2D eigenvalue weighted by molar-refractivity contribution is 0.216. The first-order valence-corrected chi connectivity index (χ1v) is 5.65. The zero-order valence-corrected chi connectivity index (χ0v) is 11.0. The van der Waals surface area contributed by atoms with Gasteiger partial charge in [0.2, 0.25) is 5.75 Å². The number of para-hydroxylation sites is 1. The van der Waals surface area contributed by atoms with Gasteiger partial charge in [0, 0.05) is 6.42 Å². The van der Waals surface area contributed by atoms with E-state index in [0.717, 1.165) is 0 Å². The molecule has 94 valence electrons. The first kappa shape index (κ1) is 13.6. The molecular weight excluding hydrogens is 238 g/mol. The third-order valence-electron chi connectivity index (χ3n) is 2.18. The second-order valence-electron chi connectivity index (χ2n) is 3.59. The average molecular weight is 255 g/mol. The van der Waals surface area contributed by atoms with Crippen molar-refractivity contribution >= 4 is 17.2 Å². The number of nitrogens with two attached hydrogens (primary N) is 1. The third kappa shape index (κ3) is 3.78. The van der Waals surface area contributed by atoms with Crippen molar-refractivity contribution in [3.63, 3.8) is 0 Å². The molecule has 0 spiro atoms. The lowest BCUT2D eigenvalue weighted by Gasteiger charge is -2.17. The number of ether oxygens (including phenoxy) is 3. The summed E-state index contributed by atoms with van der Waals surface area (Å²) in [6.45, 7) is 1.90. The fraction of sp³-hybridized carbons (Fsp3) is 0.417. The van der Waals surface area contributed by atoms with Gasteiger partial charge in [-0.25, -0.2) is 0 Å². The Morgan fingerprint density at radius 3 is 2.47 bits per heavy atom. The van der Waals surface area contributed by atoms with Crippen LogP contribution in [-0.4, -0.2) is 25.3 Å². The maximum Gasteiger partial charge on any atom is 0.203 e. The van der Waals surface area contributed by atoms with Crippen molar-refractivity contribution in [3.8, 4) is 17.2 Å². The molecule has 1 aromatic rings. The summed E-state index contributed by atoms with van der Waals surface area (Å²) < 4.78 is 16.2. The minimum absolute atomic E-state index is 0.103. The molecule has 0 bridgehead atoms. The summed E-state index contributed by atoms with van der Waals surface area (Å²) in [6, 6.07) is 5.46. The highest BCUT2D eigenvalue weighted by Gasteiger charge is 2.13. The van der Waals surface area contributed by atoms with Gasteiger partial charge < -0.3 is 19.9 Å². The molecule has 0 aromatic heterocycles. The lowest BCUT2D eigenvalue weighted by Crippen LogP contribution is -2.21. The Morgan fingerprint density at radius 1 is 1.29 bits per heavy atom. The van der Waals surface area contributed by atoms with Crippen LogP contribution in [0.5, 0.6) is 17.2 Å². The fourth-order valence-electron chi connectivity index (χ4n) is 1.49. The summed E-state index contributed by atoms with van der Waals surface area (Å²) in [7, 11) is 3.16. The SMILES string of the molecule is COc1cccc(OC(C)CC(N)=S)c1OC. The Morgan fingerprint density at radius 2 is 1.94 bits per heavy atom. The van der Waals surface area contributed by atoms with E-state index in [1.165, 1.54) is 0 Å². The van der Waals surface area contributed by atoms with Gasteiger partial charge in [-0.15, -0.1) is 0 Å². The molecule has 5 heteroatoms. The maximum absolute atomic E-state index is 5.72. The molecule has 0 aliphatic rings. The molecule has 1 aromatic carbocycles. The van der Waals surface area contributed by atoms with E-state index in [0.29, 0.717) is 28.7 Å². The van der Waals surface area contributed by atoms with Crippen LogP contribution < -0.4 is 19.9 Å². The molecule has 0 amide bonds. The van der Waals surface area contributed by atoms with Crippen molar-refractivity contribution in [2.24, 2.45) is 5.73 Å². The molecule has 0 aliphatic carbocycles. The molecule has 1 rings (SSSR count). The molecule has 1 unspecified atom stereocenters. The molecular formula is C12H17NO3S. The Kier molecular flexibility index (Phi) is 5.03. The quantitative estimate of drug-likeness (QED) is 0.789. The number of thiocarbonyl (C=S) groups is 1. The predicted octanol–water partition coefficient (Wildman–Crippen LogP) is 2.15. The average Bonchev–Trinajstić information content (AvgIpc) is 2.27. The second kappa shape index (κ2) is 6.30. The highest BCUT2D eigenvalue weighted by molar-refractivity contribution is 7.80. The summed E-state index contributed by atoms with van der Waals surface area (Å²) >= 11 is 4.84. The van der Waals surface area contributed by atoms with Gasteiger partial charge in [-0.3, -0.25) is 0 Å². The van der Waals surface area contributed by atoms with Crippen molar-refractivity contribution in [3.05, 3.63) is 18.2 Å². The molecule has 17 heavy (non-hydrogen) atoms. The number of rotatable bonds is 6. The highest BCUT2D eigenvalue weighted by atomic mass is 32.1. The van der Waals surface area contributed by atoms with Crippen LogP contribution in [0.1, 0.15) is 13.3 Å². The van der Waals surface area contributed by atoms with Crippen LogP contribution >= 0.6 is 12.2 Å². The third-order valence-corrected chi connectivity index (χ3v) is 2.35. The number of methoxy groups -OCH3 is 2. The maximum atomic E-state index is 5.72. The summed E-state index contributed by atoms with van der Waals surface area (Å²) in [5, 5.41) is 0. The van der Waals surface area contributed by atoms with Crippen LogP contribution in [-0.2, 0) is 0 Å². The molecule has 0 radical (unpaired) electrons. The number of hydrogen-bond donors (Lipinski definition) is 1. The summed E-state index contributed by atoms with van der Waals surface area (Å²) in [5.74, 6) is 1.83. The van der Waals surface area contributed by atoms with Crippen LogP contribution in [0.3, 0.4) is 0 Å². The van der Waals surface area contributed by atoms with Crippen LogP contribution in [0.4, 0.5) is 0 Å². The van der Waals surface area contributed by atoms with Crippen molar-refractivity contribution in [1.82, 2.24) is 0 Å². The molecule has 4 nitrogen and oxygen atoms in total. The Bertz CT molecular complexity index is 395. The molecule has 0 aliphatic heterocycles. The minimum Gasteiger partial charge on any atom is -0.493 e. The van der Waals surface area contributed by atoms with E-state index in [2.05, 4.69) is 0 Å². The van der Waals surface area contributed by atoms with Crippen molar-refractivity contribution in [2.45, 2.75) is 19.4 Å². The Balaban J connectivity index is 2.86. The highest BCUT2D eigenvalue weighted by Crippen LogP contribution is 2.37. The molecule has 0 saturated heterocycles. The zero-order valence-electron chi connectivity index (χ0n) is 10.2. The molecule has 0 fully saturated rings. The largest absolute Gasteiger partial charge is 0.493 e. The van der Waals surface area contributed by atoms with Crippen molar-refractivity contribution in [2.75, 3.05) is 14.2 Å². The van der Waals surface area contributed by atoms with Crippen molar-refractivity contribution in [1.29, 1.82) is 0 Å². The van der Waals surface area contributed by atoms with Gasteiger partial charge in [0.25, 0.3) is 0 Å². The number of hydrogen-bond acceptors (Lipinski definition) is 4. The van der Waals surface area contributed by atoms with Crippen LogP contribution in [0.25, 0.3) is 0 Å². The van der Waals surface area contributed by atoms with E-state index in [4.69, 9.17) is 32.2 Å². The molecule has 2 N–H and O–H groups in total. The van der Waals surface area contributed by atoms with Gasteiger partial charge >= 0.3 is 0 Å². The van der Waals surface area contributed by atoms with Gasteiger partial charge in [-0.1, -0.05) is 18.3 Å². The Hall–Kier alpha value is -1.49. The van der Waals surface area contributed by atoms with E-state index in [-0.39, 0.29) is 6.10 Å². The van der Waals surface area contributed by atoms with E-state index >= 15 is 0 Å². The molecule has 0 heterocycles. The summed E-state index contributed by atoms with van der Waals surface area (Å²) in [4.78, 5) is 0.430. The van der Waals surface area contributed by atoms with Crippen LogP contribution in [0.15, 0.2) is 18.2 Å². The first-order chi connectivity index (χ1) is 8.08. The summed E-state index contributed by atoms with van der Waals surface area (Å²) in [5.41, 5.74) is 5.47. The van der Waals surface area contributed by atoms with Crippen LogP contribution in [0.2, 0.25) is 0 Å². The monoisotopic (exact) mass is 255 g/mol. The summed E-state index contributed by atoms with van der Waals surface area (Å²) in [6.07, 6.45) is 0.420. The second-order valence-corrected chi connectivity index (χ2v) is 4.11. The van der Waals surface area contributed by atoms with Crippen molar-refractivity contribution < 1.29 is 14.2 Å². The van der Waals surface area contributed by atoms with E-state index in [1.54, 1.807) is 14.2 Å². The van der Waals surface area contributed by atoms with Gasteiger partial charge in [-0.2, -0.15) is 0 Å². The standard InChI is InChI=1S/C12H17NO3S/c1-8(7-11(13)17)16-10-6-4-5-9(14-2)12(10)15-3/h4-6,8H,7H2,1-3H3,(H2,13,17). The van der Waals surface area contributed by atoms with Gasteiger partial charge in [0.15, 0.2) is 11.5 Å².